The van der Waals surface area contributed by atoms with Gasteiger partial charge in [-0.15, -0.1) is 0 Å². The molecule has 8 nitrogen and oxygen atoms in total. The SMILES string of the molecule is CCC(=O)N1CCC(C#COc2ncnc3c2CN(c2cnc(OC)c(C(F)(F)F)c2)CC3)C1. The lowest BCUT2D eigenvalue weighted by Gasteiger charge is -2.30. The van der Waals surface area contributed by atoms with Crippen molar-refractivity contribution in [3.63, 3.8) is 0 Å². The number of hydrogen-bond acceptors (Lipinski definition) is 7. The Hall–Kier alpha value is -3.55. The van der Waals surface area contributed by atoms with Gasteiger partial charge in [0.1, 0.15) is 18.0 Å². The van der Waals surface area contributed by atoms with E-state index in [1.807, 2.05) is 6.92 Å². The van der Waals surface area contributed by atoms with Gasteiger partial charge in [0.25, 0.3) is 0 Å². The van der Waals surface area contributed by atoms with Crippen molar-refractivity contribution >= 4 is 11.6 Å². The summed E-state index contributed by atoms with van der Waals surface area (Å²) in [5, 5.41) is 0. The molecule has 180 valence electrons. The number of amides is 1. The number of likely N-dealkylation sites (tertiary alicyclic amines) is 1. The Kier molecular flexibility index (Phi) is 6.77. The molecule has 2 aliphatic heterocycles. The zero-order valence-corrected chi connectivity index (χ0v) is 18.9. The fourth-order valence-electron chi connectivity index (χ4n) is 4.09. The van der Waals surface area contributed by atoms with Crippen LogP contribution in [0, 0.1) is 17.9 Å². The van der Waals surface area contributed by atoms with E-state index in [1.165, 1.54) is 12.5 Å². The van der Waals surface area contributed by atoms with Gasteiger partial charge < -0.3 is 19.3 Å². The minimum atomic E-state index is -4.59. The average molecular weight is 475 g/mol. The van der Waals surface area contributed by atoms with E-state index in [4.69, 9.17) is 9.47 Å². The maximum atomic E-state index is 13.4. The molecule has 1 fully saturated rings. The quantitative estimate of drug-likeness (QED) is 0.629. The molecule has 1 atom stereocenters. The predicted octanol–water partition coefficient (Wildman–Crippen LogP) is 3.06. The van der Waals surface area contributed by atoms with Crippen LogP contribution in [0.15, 0.2) is 18.6 Å². The third kappa shape index (κ3) is 5.00. The topological polar surface area (TPSA) is 80.7 Å². The second-order valence-electron chi connectivity index (χ2n) is 8.05. The summed E-state index contributed by atoms with van der Waals surface area (Å²) >= 11 is 0. The summed E-state index contributed by atoms with van der Waals surface area (Å²) in [6.45, 7) is 3.80. The number of halogens is 3. The molecule has 1 amide bonds. The highest BCUT2D eigenvalue weighted by atomic mass is 19.4. The number of pyridine rings is 1. The minimum Gasteiger partial charge on any atom is -0.481 e. The summed E-state index contributed by atoms with van der Waals surface area (Å²) in [4.78, 5) is 27.7. The van der Waals surface area contributed by atoms with Crippen molar-refractivity contribution in [3.05, 3.63) is 35.4 Å². The van der Waals surface area contributed by atoms with Gasteiger partial charge in [0, 0.05) is 38.4 Å². The van der Waals surface area contributed by atoms with Crippen LogP contribution in [0.5, 0.6) is 11.8 Å². The van der Waals surface area contributed by atoms with Gasteiger partial charge >= 0.3 is 6.18 Å². The van der Waals surface area contributed by atoms with Crippen LogP contribution >= 0.6 is 0 Å². The number of alkyl halides is 3. The Morgan fingerprint density at radius 3 is 2.79 bits per heavy atom. The number of aromatic nitrogens is 3. The van der Waals surface area contributed by atoms with Gasteiger partial charge in [-0.25, -0.2) is 15.0 Å². The van der Waals surface area contributed by atoms with Crippen LogP contribution in [-0.4, -0.2) is 52.5 Å². The summed E-state index contributed by atoms with van der Waals surface area (Å²) < 4.78 is 50.7. The lowest BCUT2D eigenvalue weighted by molar-refractivity contribution is -0.139. The summed E-state index contributed by atoms with van der Waals surface area (Å²) in [5.41, 5.74) is 0.811. The van der Waals surface area contributed by atoms with Crippen LogP contribution in [0.4, 0.5) is 18.9 Å². The third-order valence-corrected chi connectivity index (χ3v) is 5.92. The van der Waals surface area contributed by atoms with Crippen molar-refractivity contribution < 1.29 is 27.4 Å². The molecule has 0 spiro atoms. The fourth-order valence-corrected chi connectivity index (χ4v) is 4.09. The Bertz CT molecular complexity index is 1130. The monoisotopic (exact) mass is 475 g/mol. The Morgan fingerprint density at radius 1 is 1.24 bits per heavy atom. The average Bonchev–Trinajstić information content (AvgIpc) is 3.31. The minimum absolute atomic E-state index is 0.0239. The number of carbonyl (C=O) groups is 1. The summed E-state index contributed by atoms with van der Waals surface area (Å²) in [5.74, 6) is 2.98. The summed E-state index contributed by atoms with van der Waals surface area (Å²) in [6.07, 6.45) is 2.60. The first kappa shape index (κ1) is 23.6. The molecular weight excluding hydrogens is 451 g/mol. The van der Waals surface area contributed by atoms with Crippen LogP contribution in [0.3, 0.4) is 0 Å². The molecule has 2 aliphatic rings. The van der Waals surface area contributed by atoms with E-state index in [2.05, 4.69) is 27.0 Å². The number of hydrogen-bond donors (Lipinski definition) is 0. The van der Waals surface area contributed by atoms with Crippen LogP contribution in [-0.2, 0) is 23.9 Å². The second-order valence-corrected chi connectivity index (χ2v) is 8.05. The molecular formula is C23H24F3N5O3. The number of anilines is 1. The van der Waals surface area contributed by atoms with Crippen molar-refractivity contribution in [2.24, 2.45) is 5.92 Å². The molecule has 4 heterocycles. The first-order valence-electron chi connectivity index (χ1n) is 10.9. The van der Waals surface area contributed by atoms with E-state index < -0.39 is 17.6 Å². The Morgan fingerprint density at radius 2 is 2.06 bits per heavy atom. The third-order valence-electron chi connectivity index (χ3n) is 5.92. The lowest BCUT2D eigenvalue weighted by atomic mass is 10.1. The van der Waals surface area contributed by atoms with Crippen LogP contribution in [0.1, 0.15) is 36.6 Å². The number of carbonyl (C=O) groups excluding carboxylic acids is 1. The van der Waals surface area contributed by atoms with Gasteiger partial charge in [-0.05, 0) is 12.5 Å². The van der Waals surface area contributed by atoms with Crippen LogP contribution < -0.4 is 14.4 Å². The molecule has 0 N–H and O–H groups in total. The van der Waals surface area contributed by atoms with Gasteiger partial charge in [0.05, 0.1) is 36.8 Å². The smallest absolute Gasteiger partial charge is 0.421 e. The van der Waals surface area contributed by atoms with Crippen molar-refractivity contribution in [2.75, 3.05) is 31.6 Å². The predicted molar refractivity (Wildman–Crippen MR) is 116 cm³/mol. The maximum absolute atomic E-state index is 13.4. The molecule has 4 rings (SSSR count). The zero-order valence-electron chi connectivity index (χ0n) is 18.9. The largest absolute Gasteiger partial charge is 0.481 e. The standard InChI is InChI=1S/C23H24F3N5O3/c1-3-20(32)31-7-4-15(12-31)6-9-34-21-17-13-30(8-5-19(17)28-14-29-21)16-10-18(23(24,25)26)22(33-2)27-11-16/h10-11,14-15H,3-5,7-8,12-13H2,1-2H3. The molecule has 11 heteroatoms. The second kappa shape index (κ2) is 9.75. The van der Waals surface area contributed by atoms with Crippen molar-refractivity contribution in [3.8, 4) is 23.8 Å². The first-order chi connectivity index (χ1) is 16.3. The van der Waals surface area contributed by atoms with Gasteiger partial charge in [0.2, 0.25) is 17.7 Å². The van der Waals surface area contributed by atoms with Crippen molar-refractivity contribution in [1.29, 1.82) is 0 Å². The van der Waals surface area contributed by atoms with Gasteiger partial charge in [-0.3, -0.25) is 4.79 Å². The van der Waals surface area contributed by atoms with Crippen molar-refractivity contribution in [1.82, 2.24) is 19.9 Å². The van der Waals surface area contributed by atoms with E-state index in [1.54, 1.807) is 9.80 Å². The first-order valence-corrected chi connectivity index (χ1v) is 10.9. The maximum Gasteiger partial charge on any atom is 0.421 e. The van der Waals surface area contributed by atoms with E-state index >= 15 is 0 Å². The van der Waals surface area contributed by atoms with E-state index in [9.17, 15) is 18.0 Å². The molecule has 1 unspecified atom stereocenters. The molecule has 1 saturated heterocycles. The van der Waals surface area contributed by atoms with Crippen LogP contribution in [0.25, 0.3) is 0 Å². The fraction of sp³-hybridized carbons (Fsp3) is 0.478. The Labute approximate surface area is 195 Å². The lowest BCUT2D eigenvalue weighted by Crippen LogP contribution is -2.32. The summed E-state index contributed by atoms with van der Waals surface area (Å²) in [7, 11) is 1.15. The molecule has 0 aliphatic carbocycles. The molecule has 2 aromatic rings. The Balaban J connectivity index is 1.50. The van der Waals surface area contributed by atoms with E-state index in [-0.39, 0.29) is 24.2 Å². The molecule has 0 bridgehead atoms. The normalized spacial score (nSPS) is 17.6. The number of nitrogens with zero attached hydrogens (tertiary/aromatic N) is 5. The molecule has 2 aromatic heterocycles. The molecule has 0 saturated carbocycles. The highest BCUT2D eigenvalue weighted by molar-refractivity contribution is 5.76. The van der Waals surface area contributed by atoms with Crippen LogP contribution in [0.2, 0.25) is 0 Å². The zero-order chi connectivity index (χ0) is 24.3. The number of rotatable bonds is 4. The van der Waals surface area contributed by atoms with Crippen molar-refractivity contribution in [2.45, 2.75) is 38.9 Å². The molecule has 34 heavy (non-hydrogen) atoms. The molecule has 0 aromatic carbocycles. The van der Waals surface area contributed by atoms with Gasteiger partial charge in [-0.1, -0.05) is 12.8 Å². The van der Waals surface area contributed by atoms with Gasteiger partial charge in [-0.2, -0.15) is 13.2 Å². The highest BCUT2D eigenvalue weighted by Gasteiger charge is 2.36. The number of ether oxygens (including phenoxy) is 2. The molecule has 0 radical (unpaired) electrons. The summed E-state index contributed by atoms with van der Waals surface area (Å²) in [6, 6.07) is 1.03. The number of methoxy groups -OCH3 is 1. The number of fused-ring (bicyclic) bond motifs is 1. The van der Waals surface area contributed by atoms with E-state index in [0.717, 1.165) is 25.3 Å². The van der Waals surface area contributed by atoms with E-state index in [0.29, 0.717) is 43.7 Å². The highest BCUT2D eigenvalue weighted by Crippen LogP contribution is 2.38. The van der Waals surface area contributed by atoms with Gasteiger partial charge in [0.15, 0.2) is 0 Å².